The van der Waals surface area contributed by atoms with Crippen LogP contribution in [0.2, 0.25) is 0 Å². The van der Waals surface area contributed by atoms with Crippen molar-refractivity contribution in [3.63, 3.8) is 0 Å². The van der Waals surface area contributed by atoms with Crippen LogP contribution in [0.5, 0.6) is 0 Å². The lowest BCUT2D eigenvalue weighted by atomic mass is 10.1. The molecular weight excluding hydrogens is 620 g/mol. The summed E-state index contributed by atoms with van der Waals surface area (Å²) in [7, 11) is 0. The molecule has 0 unspecified atom stereocenters. The Morgan fingerprint density at radius 3 is 0.880 bits per heavy atom. The monoisotopic (exact) mass is 701 g/mol. The highest BCUT2D eigenvalue weighted by Crippen LogP contribution is 2.12. The third-order valence-corrected chi connectivity index (χ3v) is 9.87. The predicted molar refractivity (Wildman–Crippen MR) is 213 cm³/mol. The molecule has 0 spiro atoms. The molecule has 6 heteroatoms. The zero-order valence-electron chi connectivity index (χ0n) is 33.5. The van der Waals surface area contributed by atoms with E-state index in [4.69, 9.17) is 9.47 Å². The Morgan fingerprint density at radius 1 is 0.380 bits per heavy atom. The highest BCUT2D eigenvalue weighted by Gasteiger charge is 2.12. The number of ether oxygens (including phenoxy) is 2. The van der Waals surface area contributed by atoms with Crippen molar-refractivity contribution in [2.24, 2.45) is 0 Å². The number of carbonyl (C=O) groups excluding carboxylic acids is 2. The molecule has 1 rings (SSSR count). The van der Waals surface area contributed by atoms with Crippen LogP contribution < -0.4 is 0 Å². The Morgan fingerprint density at radius 2 is 0.620 bits per heavy atom. The van der Waals surface area contributed by atoms with E-state index in [1.54, 1.807) is 24.3 Å². The zero-order chi connectivity index (χ0) is 36.3. The molecule has 0 aliphatic heterocycles. The number of benzene rings is 1. The van der Waals surface area contributed by atoms with E-state index in [1.165, 1.54) is 155 Å². The van der Waals surface area contributed by atoms with Crippen molar-refractivity contribution >= 4 is 11.9 Å². The first-order valence-electron chi connectivity index (χ1n) is 21.4. The van der Waals surface area contributed by atoms with Gasteiger partial charge < -0.3 is 19.3 Å². The number of esters is 2. The van der Waals surface area contributed by atoms with E-state index in [0.717, 1.165) is 38.8 Å². The summed E-state index contributed by atoms with van der Waals surface area (Å²) in [5, 5.41) is 0. The van der Waals surface area contributed by atoms with Gasteiger partial charge in [0, 0.05) is 0 Å². The highest BCUT2D eigenvalue weighted by atomic mass is 16.5. The van der Waals surface area contributed by atoms with Crippen LogP contribution in [0.3, 0.4) is 0 Å². The van der Waals surface area contributed by atoms with Gasteiger partial charge in [-0.2, -0.15) is 0 Å². The molecule has 0 saturated carbocycles. The molecule has 0 bridgehead atoms. The average Bonchev–Trinajstić information content (AvgIpc) is 3.13. The van der Waals surface area contributed by atoms with E-state index >= 15 is 0 Å². The predicted octanol–water partition coefficient (Wildman–Crippen LogP) is 12.0. The number of hydrogen-bond acceptors (Lipinski definition) is 6. The summed E-state index contributed by atoms with van der Waals surface area (Å²) in [6, 6.07) is 6.71. The lowest BCUT2D eigenvalue weighted by Crippen LogP contribution is -2.27. The van der Waals surface area contributed by atoms with Gasteiger partial charge >= 0.3 is 11.9 Å². The molecule has 0 aromatic heterocycles. The molecule has 290 valence electrons. The van der Waals surface area contributed by atoms with E-state index in [9.17, 15) is 9.59 Å². The van der Waals surface area contributed by atoms with Crippen molar-refractivity contribution in [1.29, 1.82) is 0 Å². The van der Waals surface area contributed by atoms with Gasteiger partial charge in [-0.15, -0.1) is 0 Å². The zero-order valence-corrected chi connectivity index (χ0v) is 33.5. The molecule has 0 fully saturated rings. The molecule has 1 aromatic rings. The fourth-order valence-electron chi connectivity index (χ4n) is 6.54. The molecule has 0 N–H and O–H groups in total. The summed E-state index contributed by atoms with van der Waals surface area (Å²) in [6.45, 7) is 16.8. The number of rotatable bonds is 36. The van der Waals surface area contributed by atoms with Crippen LogP contribution in [0.4, 0.5) is 0 Å². The Kier molecular flexibility index (Phi) is 31.5. The minimum atomic E-state index is -0.325. The maximum Gasteiger partial charge on any atom is 0.338 e. The number of nitrogens with zero attached hydrogens (tertiary/aromatic N) is 2. The summed E-state index contributed by atoms with van der Waals surface area (Å²) in [5.74, 6) is -0.650. The van der Waals surface area contributed by atoms with Gasteiger partial charge in [0.05, 0.1) is 24.3 Å². The third-order valence-electron chi connectivity index (χ3n) is 9.87. The average molecular weight is 701 g/mol. The maximum atomic E-state index is 12.6. The minimum Gasteiger partial charge on any atom is -0.462 e. The van der Waals surface area contributed by atoms with Gasteiger partial charge in [-0.05, 0) is 115 Å². The van der Waals surface area contributed by atoms with E-state index in [1.807, 2.05) is 0 Å². The molecule has 0 amide bonds. The summed E-state index contributed by atoms with van der Waals surface area (Å²) in [5.41, 5.74) is 0.957. The largest absolute Gasteiger partial charge is 0.462 e. The van der Waals surface area contributed by atoms with Gasteiger partial charge in [0.1, 0.15) is 0 Å². The second-order valence-electron chi connectivity index (χ2n) is 14.6. The number of hydrogen-bond donors (Lipinski definition) is 0. The van der Waals surface area contributed by atoms with Crippen LogP contribution >= 0.6 is 0 Å². The first kappa shape index (κ1) is 46.1. The molecule has 0 saturated heterocycles. The number of carbonyl (C=O) groups is 2. The SMILES string of the molecule is CCCCCCCN(CCCCCCC)CCCCOC(=O)c1ccc(C(=O)OCCCCN(CCCCCCC)CCCCCCC)cc1. The van der Waals surface area contributed by atoms with Gasteiger partial charge in [-0.1, -0.05) is 130 Å². The molecule has 0 aliphatic carbocycles. The molecule has 0 radical (unpaired) electrons. The molecule has 6 nitrogen and oxygen atoms in total. The summed E-state index contributed by atoms with van der Waals surface area (Å²) in [4.78, 5) is 30.5. The van der Waals surface area contributed by atoms with Crippen molar-refractivity contribution in [3.05, 3.63) is 35.4 Å². The minimum absolute atomic E-state index is 0.325. The van der Waals surface area contributed by atoms with Crippen molar-refractivity contribution in [1.82, 2.24) is 9.80 Å². The quantitative estimate of drug-likeness (QED) is 0.0513. The Labute approximate surface area is 309 Å². The second kappa shape index (κ2) is 34.2. The third kappa shape index (κ3) is 25.9. The Bertz CT molecular complexity index is 805. The summed E-state index contributed by atoms with van der Waals surface area (Å²) < 4.78 is 11.2. The fourth-order valence-corrected chi connectivity index (χ4v) is 6.54. The van der Waals surface area contributed by atoms with Crippen LogP contribution in [-0.2, 0) is 9.47 Å². The van der Waals surface area contributed by atoms with Crippen molar-refractivity contribution < 1.29 is 19.1 Å². The van der Waals surface area contributed by atoms with Crippen LogP contribution in [0.15, 0.2) is 24.3 Å². The van der Waals surface area contributed by atoms with E-state index in [-0.39, 0.29) is 11.9 Å². The smallest absolute Gasteiger partial charge is 0.338 e. The molecule has 1 aromatic carbocycles. The van der Waals surface area contributed by atoms with Gasteiger partial charge in [0.2, 0.25) is 0 Å². The molecule has 0 heterocycles. The lowest BCUT2D eigenvalue weighted by Gasteiger charge is -2.22. The van der Waals surface area contributed by atoms with E-state index < -0.39 is 0 Å². The summed E-state index contributed by atoms with van der Waals surface area (Å²) >= 11 is 0. The van der Waals surface area contributed by atoms with Crippen LogP contribution in [0.25, 0.3) is 0 Å². The first-order chi connectivity index (χ1) is 24.5. The standard InChI is InChI=1S/C44H80N2O4/c1-5-9-13-17-21-33-45(34-22-18-14-10-6-2)37-25-27-39-49-43(47)41-29-31-42(32-30-41)44(48)50-40-28-26-38-46(35-23-19-15-11-7-3)36-24-20-16-12-8-4/h29-32H,5-28,33-40H2,1-4H3. The van der Waals surface area contributed by atoms with Crippen LogP contribution in [-0.4, -0.2) is 74.2 Å². The van der Waals surface area contributed by atoms with Crippen molar-refractivity contribution in [2.45, 2.75) is 182 Å². The molecule has 50 heavy (non-hydrogen) atoms. The highest BCUT2D eigenvalue weighted by molar-refractivity contribution is 5.93. The maximum absolute atomic E-state index is 12.6. The normalized spacial score (nSPS) is 11.5. The van der Waals surface area contributed by atoms with Gasteiger partial charge in [0.15, 0.2) is 0 Å². The first-order valence-corrected chi connectivity index (χ1v) is 21.4. The van der Waals surface area contributed by atoms with E-state index in [2.05, 4.69) is 37.5 Å². The van der Waals surface area contributed by atoms with Gasteiger partial charge in [0.25, 0.3) is 0 Å². The molecule has 0 aliphatic rings. The Balaban J connectivity index is 2.34. The Hall–Kier alpha value is -1.92. The fraction of sp³-hybridized carbons (Fsp3) is 0.818. The van der Waals surface area contributed by atoms with Crippen molar-refractivity contribution in [2.75, 3.05) is 52.5 Å². The van der Waals surface area contributed by atoms with E-state index in [0.29, 0.717) is 24.3 Å². The van der Waals surface area contributed by atoms with Crippen LogP contribution in [0.1, 0.15) is 203 Å². The lowest BCUT2D eigenvalue weighted by molar-refractivity contribution is 0.0480. The van der Waals surface area contributed by atoms with Crippen LogP contribution in [0, 0.1) is 0 Å². The molecular formula is C44H80N2O4. The van der Waals surface area contributed by atoms with Gasteiger partial charge in [-0.3, -0.25) is 0 Å². The molecule has 0 atom stereocenters. The summed E-state index contributed by atoms with van der Waals surface area (Å²) in [6.07, 6.45) is 30.1. The van der Waals surface area contributed by atoms with Crippen molar-refractivity contribution in [3.8, 4) is 0 Å². The second-order valence-corrected chi connectivity index (χ2v) is 14.6. The van der Waals surface area contributed by atoms with Gasteiger partial charge in [-0.25, -0.2) is 9.59 Å². The number of unbranched alkanes of at least 4 members (excludes halogenated alkanes) is 18. The topological polar surface area (TPSA) is 59.1 Å².